The Morgan fingerprint density at radius 1 is 1.42 bits per heavy atom. The lowest BCUT2D eigenvalue weighted by molar-refractivity contribution is -0.139. The fourth-order valence-corrected chi connectivity index (χ4v) is 0.285. The van der Waals surface area contributed by atoms with Gasteiger partial charge in [-0.2, -0.15) is 0 Å². The molecule has 12 heavy (non-hydrogen) atoms. The van der Waals surface area contributed by atoms with E-state index in [1.54, 1.807) is 13.8 Å². The minimum Gasteiger partial charge on any atom is -0.480 e. The number of carboxylic acid groups (broad SMARTS) is 1. The summed E-state index contributed by atoms with van der Waals surface area (Å²) in [5, 5.41) is 7.59. The van der Waals surface area contributed by atoms with Gasteiger partial charge < -0.3 is 16.6 Å². The second-order valence-electron chi connectivity index (χ2n) is 2.45. The molecule has 1 amide bonds. The molecule has 0 aliphatic carbocycles. The average molecular weight is 194 g/mol. The smallest absolute Gasteiger partial charge is 0.320 e. The number of nitrogens with two attached hydrogens (primary N) is 2. The molecule has 0 aliphatic heterocycles. The van der Waals surface area contributed by atoms with Crippen LogP contribution >= 0.6 is 12.6 Å². The summed E-state index contributed by atoms with van der Waals surface area (Å²) in [4.78, 5) is 19.1. The van der Waals surface area contributed by atoms with E-state index in [0.29, 0.717) is 0 Å². The molecule has 0 bridgehead atoms. The summed E-state index contributed by atoms with van der Waals surface area (Å²) < 4.78 is 0. The number of thiol groups is 1. The lowest BCUT2D eigenvalue weighted by Crippen LogP contribution is -2.34. The molecule has 6 heteroatoms. The van der Waals surface area contributed by atoms with Gasteiger partial charge in [0.15, 0.2) is 0 Å². The summed E-state index contributed by atoms with van der Waals surface area (Å²) in [6.07, 6.45) is 0. The second-order valence-corrected chi connectivity index (χ2v) is 2.89. The third kappa shape index (κ3) is 12.0. The van der Waals surface area contributed by atoms with Gasteiger partial charge in [0.1, 0.15) is 6.04 Å². The summed E-state index contributed by atoms with van der Waals surface area (Å²) in [5.41, 5.74) is 9.50. The van der Waals surface area contributed by atoms with Crippen molar-refractivity contribution in [3.8, 4) is 0 Å². The maximum Gasteiger partial charge on any atom is 0.320 e. The summed E-state index contributed by atoms with van der Waals surface area (Å²) in [7, 11) is 0. The number of amides is 1. The normalized spacial score (nSPS) is 11.4. The molecule has 0 fully saturated rings. The van der Waals surface area contributed by atoms with Crippen LogP contribution in [0.2, 0.25) is 0 Å². The van der Waals surface area contributed by atoms with Crippen molar-refractivity contribution in [3.63, 3.8) is 0 Å². The number of carboxylic acids is 1. The molecule has 0 rings (SSSR count). The van der Waals surface area contributed by atoms with Gasteiger partial charge in [-0.3, -0.25) is 9.59 Å². The van der Waals surface area contributed by atoms with Gasteiger partial charge in [0.2, 0.25) is 0 Å². The molecule has 0 spiro atoms. The van der Waals surface area contributed by atoms with Gasteiger partial charge in [0.25, 0.3) is 5.24 Å². The first-order valence-corrected chi connectivity index (χ1v) is 3.70. The van der Waals surface area contributed by atoms with Crippen molar-refractivity contribution < 1.29 is 14.7 Å². The van der Waals surface area contributed by atoms with Gasteiger partial charge >= 0.3 is 5.97 Å². The molecule has 5 nitrogen and oxygen atoms in total. The highest BCUT2D eigenvalue weighted by Gasteiger charge is 2.14. The molecule has 0 saturated carbocycles. The molecule has 0 heterocycles. The molecule has 72 valence electrons. The fraction of sp³-hybridized carbons (Fsp3) is 0.667. The van der Waals surface area contributed by atoms with Crippen molar-refractivity contribution in [1.29, 1.82) is 0 Å². The number of aliphatic carboxylic acids is 1. The van der Waals surface area contributed by atoms with Crippen LogP contribution in [0.15, 0.2) is 0 Å². The number of hydrogen-bond acceptors (Lipinski definition) is 3. The molecule has 1 unspecified atom stereocenters. The lowest BCUT2D eigenvalue weighted by Gasteiger charge is -2.07. The Balaban J connectivity index is 0. The largest absolute Gasteiger partial charge is 0.480 e. The Hall–Kier alpha value is -0.750. The van der Waals surface area contributed by atoms with Crippen LogP contribution in [0, 0.1) is 5.92 Å². The Kier molecular flexibility index (Phi) is 7.98. The molecular formula is C6H14N2O3S. The summed E-state index contributed by atoms with van der Waals surface area (Å²) in [5.74, 6) is -0.910. The highest BCUT2D eigenvalue weighted by molar-refractivity contribution is 7.96. The van der Waals surface area contributed by atoms with Crippen molar-refractivity contribution in [2.75, 3.05) is 0 Å². The number of carbonyl (C=O) groups is 2. The quantitative estimate of drug-likeness (QED) is 0.466. The van der Waals surface area contributed by atoms with Crippen LogP contribution in [0.3, 0.4) is 0 Å². The van der Waals surface area contributed by atoms with Crippen molar-refractivity contribution in [2.24, 2.45) is 17.4 Å². The van der Waals surface area contributed by atoms with E-state index >= 15 is 0 Å². The van der Waals surface area contributed by atoms with Gasteiger partial charge in [-0.25, -0.2) is 0 Å². The Morgan fingerprint density at radius 3 is 1.67 bits per heavy atom. The first kappa shape index (κ1) is 13.8. The monoisotopic (exact) mass is 194 g/mol. The molecule has 0 saturated heterocycles. The molecule has 0 aliphatic rings. The van der Waals surface area contributed by atoms with E-state index in [9.17, 15) is 4.79 Å². The van der Waals surface area contributed by atoms with E-state index in [1.807, 2.05) is 0 Å². The molecule has 0 radical (unpaired) electrons. The van der Waals surface area contributed by atoms with E-state index in [-0.39, 0.29) is 5.92 Å². The number of hydrogen-bond donors (Lipinski definition) is 4. The maximum atomic E-state index is 10.0. The third-order valence-electron chi connectivity index (χ3n) is 1.00. The number of carbonyl (C=O) groups excluding carboxylic acids is 1. The van der Waals surface area contributed by atoms with Crippen LogP contribution in [0.1, 0.15) is 13.8 Å². The van der Waals surface area contributed by atoms with Crippen molar-refractivity contribution in [3.05, 3.63) is 0 Å². The number of primary amides is 1. The van der Waals surface area contributed by atoms with Crippen LogP contribution in [0.5, 0.6) is 0 Å². The van der Waals surface area contributed by atoms with E-state index in [0.717, 1.165) is 0 Å². The SMILES string of the molecule is CC(C)C(N)C(=O)O.NC(=O)S. The molecular weight excluding hydrogens is 180 g/mol. The van der Waals surface area contributed by atoms with E-state index in [4.69, 9.17) is 15.6 Å². The van der Waals surface area contributed by atoms with Gasteiger partial charge in [0.05, 0.1) is 0 Å². The van der Waals surface area contributed by atoms with E-state index in [1.165, 1.54) is 0 Å². The highest BCUT2D eigenvalue weighted by Crippen LogP contribution is 1.96. The van der Waals surface area contributed by atoms with Crippen LogP contribution in [-0.2, 0) is 4.79 Å². The minimum atomic E-state index is -0.931. The zero-order chi connectivity index (χ0) is 10.3. The number of rotatable bonds is 2. The Morgan fingerprint density at radius 2 is 1.67 bits per heavy atom. The van der Waals surface area contributed by atoms with Gasteiger partial charge in [-0.15, -0.1) is 0 Å². The van der Waals surface area contributed by atoms with Crippen LogP contribution in [0.4, 0.5) is 4.79 Å². The topological polar surface area (TPSA) is 106 Å². The molecule has 5 N–H and O–H groups in total. The zero-order valence-electron chi connectivity index (χ0n) is 7.02. The Labute approximate surface area is 76.5 Å². The summed E-state index contributed by atoms with van der Waals surface area (Å²) in [6.45, 7) is 3.55. The van der Waals surface area contributed by atoms with Crippen LogP contribution in [0.25, 0.3) is 0 Å². The van der Waals surface area contributed by atoms with Crippen LogP contribution < -0.4 is 11.5 Å². The molecule has 1 atom stereocenters. The lowest BCUT2D eigenvalue weighted by atomic mass is 10.1. The molecule has 0 aromatic heterocycles. The van der Waals surface area contributed by atoms with Crippen molar-refractivity contribution in [1.82, 2.24) is 0 Å². The predicted molar refractivity (Wildman–Crippen MR) is 49.0 cm³/mol. The zero-order valence-corrected chi connectivity index (χ0v) is 7.91. The first-order chi connectivity index (χ1) is 5.29. The summed E-state index contributed by atoms with van der Waals surface area (Å²) >= 11 is 3.10. The molecule has 0 aromatic carbocycles. The second kappa shape index (κ2) is 6.93. The molecule has 0 aromatic rings. The van der Waals surface area contributed by atoms with Crippen molar-refractivity contribution >= 4 is 23.8 Å². The maximum absolute atomic E-state index is 10.0. The van der Waals surface area contributed by atoms with Gasteiger partial charge in [-0.1, -0.05) is 26.5 Å². The van der Waals surface area contributed by atoms with E-state index in [2.05, 4.69) is 18.4 Å². The predicted octanol–water partition coefficient (Wildman–Crippen LogP) is 0.0492. The van der Waals surface area contributed by atoms with Crippen molar-refractivity contribution in [2.45, 2.75) is 19.9 Å². The minimum absolute atomic E-state index is 0.0208. The first-order valence-electron chi connectivity index (χ1n) is 3.25. The van der Waals surface area contributed by atoms with Crippen LogP contribution in [-0.4, -0.2) is 22.4 Å². The fourth-order valence-electron chi connectivity index (χ4n) is 0.285. The van der Waals surface area contributed by atoms with E-state index < -0.39 is 17.3 Å². The average Bonchev–Trinajstić information content (AvgIpc) is 1.84. The summed E-state index contributed by atoms with van der Waals surface area (Å²) in [6, 6.07) is -0.713. The van der Waals surface area contributed by atoms with Gasteiger partial charge in [-0.05, 0) is 5.92 Å². The highest BCUT2D eigenvalue weighted by atomic mass is 32.1. The third-order valence-corrected chi connectivity index (χ3v) is 1.00. The van der Waals surface area contributed by atoms with Gasteiger partial charge in [0, 0.05) is 0 Å². The Bertz CT molecular complexity index is 157. The standard InChI is InChI=1S/C5H11NO2.CH3NOS/c1-3(2)4(6)5(7)8;2-1(3)4/h3-4H,6H2,1-2H3,(H,7,8);(H3,2,3,4).